The minimum atomic E-state index is -0.490. The third-order valence-corrected chi connectivity index (χ3v) is 2.51. The van der Waals surface area contributed by atoms with Crippen LogP contribution in [0.5, 0.6) is 0 Å². The summed E-state index contributed by atoms with van der Waals surface area (Å²) >= 11 is 0. The number of hydrogen-bond donors (Lipinski definition) is 1. The number of nitrogens with zero attached hydrogens (tertiary/aromatic N) is 5. The molecule has 96 valence electrons. The fourth-order valence-corrected chi connectivity index (χ4v) is 1.64. The first-order valence-corrected chi connectivity index (χ1v) is 5.55. The highest BCUT2D eigenvalue weighted by Gasteiger charge is 2.19. The molecule has 0 saturated heterocycles. The average molecular weight is 250 g/mol. The second-order valence-corrected chi connectivity index (χ2v) is 3.83. The molecule has 2 heterocycles. The summed E-state index contributed by atoms with van der Waals surface area (Å²) in [6.45, 7) is 1.39. The van der Waals surface area contributed by atoms with E-state index in [1.807, 2.05) is 16.9 Å². The normalized spacial score (nSPS) is 10.5. The third kappa shape index (κ3) is 2.65. The van der Waals surface area contributed by atoms with Crippen LogP contribution in [0, 0.1) is 10.1 Å². The zero-order chi connectivity index (χ0) is 13.0. The van der Waals surface area contributed by atoms with Crippen LogP contribution in [0.15, 0.2) is 24.8 Å². The van der Waals surface area contributed by atoms with Crippen molar-refractivity contribution in [2.75, 3.05) is 11.9 Å². The summed E-state index contributed by atoms with van der Waals surface area (Å²) in [5, 5.41) is 17.8. The van der Waals surface area contributed by atoms with Gasteiger partial charge in [0.1, 0.15) is 0 Å². The predicted molar refractivity (Wildman–Crippen MR) is 65.2 cm³/mol. The lowest BCUT2D eigenvalue weighted by Gasteiger charge is -2.06. The number of nitrogens with one attached hydrogen (secondary N) is 1. The van der Waals surface area contributed by atoms with E-state index in [4.69, 9.17) is 0 Å². The van der Waals surface area contributed by atoms with Crippen LogP contribution in [0.25, 0.3) is 0 Å². The molecule has 0 saturated carbocycles. The number of rotatable bonds is 6. The van der Waals surface area contributed by atoms with Crippen molar-refractivity contribution in [1.29, 1.82) is 0 Å². The van der Waals surface area contributed by atoms with Crippen molar-refractivity contribution in [2.45, 2.75) is 13.0 Å². The molecule has 0 unspecified atom stereocenters. The first-order valence-electron chi connectivity index (χ1n) is 5.55. The van der Waals surface area contributed by atoms with E-state index in [-0.39, 0.29) is 5.82 Å². The van der Waals surface area contributed by atoms with Crippen LogP contribution in [0.4, 0.5) is 11.6 Å². The molecule has 0 atom stereocenters. The monoisotopic (exact) mass is 250 g/mol. The van der Waals surface area contributed by atoms with E-state index in [0.717, 1.165) is 13.0 Å². The van der Waals surface area contributed by atoms with Gasteiger partial charge in [-0.2, -0.15) is 5.10 Å². The van der Waals surface area contributed by atoms with Gasteiger partial charge in [-0.15, -0.1) is 0 Å². The van der Waals surface area contributed by atoms with E-state index in [1.165, 1.54) is 6.33 Å². The van der Waals surface area contributed by atoms with Crippen molar-refractivity contribution in [3.8, 4) is 0 Å². The van der Waals surface area contributed by atoms with Gasteiger partial charge in [0.15, 0.2) is 0 Å². The number of anilines is 1. The molecule has 1 N–H and O–H groups in total. The zero-order valence-corrected chi connectivity index (χ0v) is 9.98. The highest BCUT2D eigenvalue weighted by molar-refractivity contribution is 5.51. The molecule has 0 radical (unpaired) electrons. The predicted octanol–water partition coefficient (Wildman–Crippen LogP) is 1.03. The first-order chi connectivity index (χ1) is 8.68. The lowest BCUT2D eigenvalue weighted by atomic mass is 10.4. The average Bonchev–Trinajstić information content (AvgIpc) is 2.94. The van der Waals surface area contributed by atoms with Gasteiger partial charge in [0.05, 0.1) is 0 Å². The summed E-state index contributed by atoms with van der Waals surface area (Å²) < 4.78 is 3.42. The van der Waals surface area contributed by atoms with Crippen LogP contribution >= 0.6 is 0 Å². The van der Waals surface area contributed by atoms with Gasteiger partial charge in [0.25, 0.3) is 0 Å². The van der Waals surface area contributed by atoms with Crippen LogP contribution in [-0.4, -0.2) is 30.8 Å². The quantitative estimate of drug-likeness (QED) is 0.469. The van der Waals surface area contributed by atoms with E-state index in [0.29, 0.717) is 12.4 Å². The van der Waals surface area contributed by atoms with Crippen molar-refractivity contribution >= 4 is 11.6 Å². The fourth-order valence-electron chi connectivity index (χ4n) is 1.64. The molecular weight excluding hydrogens is 236 g/mol. The van der Waals surface area contributed by atoms with Crippen molar-refractivity contribution in [3.63, 3.8) is 0 Å². The molecule has 0 aliphatic carbocycles. The summed E-state index contributed by atoms with van der Waals surface area (Å²) in [6, 6.07) is 1.86. The molecule has 0 spiro atoms. The Kier molecular flexibility index (Phi) is 3.56. The summed E-state index contributed by atoms with van der Waals surface area (Å²) in [5.41, 5.74) is 0. The lowest BCUT2D eigenvalue weighted by Crippen LogP contribution is -2.10. The van der Waals surface area contributed by atoms with Gasteiger partial charge in [0.2, 0.25) is 12.1 Å². The zero-order valence-electron chi connectivity index (χ0n) is 9.98. The van der Waals surface area contributed by atoms with Gasteiger partial charge in [-0.3, -0.25) is 9.25 Å². The van der Waals surface area contributed by atoms with Crippen LogP contribution in [0.3, 0.4) is 0 Å². The number of hydrogen-bond acceptors (Lipinski definition) is 5. The Morgan fingerprint density at radius 3 is 3.06 bits per heavy atom. The van der Waals surface area contributed by atoms with Crippen LogP contribution in [-0.2, 0) is 13.6 Å². The molecule has 0 aromatic carbocycles. The van der Waals surface area contributed by atoms with Gasteiger partial charge < -0.3 is 15.4 Å². The topological polar surface area (TPSA) is 90.8 Å². The van der Waals surface area contributed by atoms with Gasteiger partial charge in [-0.1, -0.05) is 0 Å². The second kappa shape index (κ2) is 5.30. The molecule has 8 heteroatoms. The molecule has 0 aliphatic heterocycles. The molecular formula is C10H14N6O2. The highest BCUT2D eigenvalue weighted by Crippen LogP contribution is 2.20. The van der Waals surface area contributed by atoms with Crippen LogP contribution < -0.4 is 5.32 Å². The van der Waals surface area contributed by atoms with E-state index in [1.54, 1.807) is 17.8 Å². The lowest BCUT2D eigenvalue weighted by molar-refractivity contribution is -0.388. The van der Waals surface area contributed by atoms with E-state index < -0.39 is 4.92 Å². The van der Waals surface area contributed by atoms with Crippen molar-refractivity contribution in [1.82, 2.24) is 19.3 Å². The Morgan fingerprint density at radius 2 is 2.39 bits per heavy atom. The van der Waals surface area contributed by atoms with Gasteiger partial charge in [-0.05, 0) is 22.4 Å². The molecule has 0 aliphatic rings. The van der Waals surface area contributed by atoms with Gasteiger partial charge >= 0.3 is 5.82 Å². The Balaban J connectivity index is 1.86. The molecule has 8 nitrogen and oxygen atoms in total. The molecule has 2 aromatic rings. The number of aryl methyl sites for hydroxylation is 2. The first kappa shape index (κ1) is 12.1. The molecule has 0 fully saturated rings. The van der Waals surface area contributed by atoms with Crippen molar-refractivity contribution in [3.05, 3.63) is 34.9 Å². The van der Waals surface area contributed by atoms with Gasteiger partial charge in [0, 0.05) is 32.5 Å². The smallest absolute Gasteiger partial charge is 0.364 e. The van der Waals surface area contributed by atoms with E-state index in [2.05, 4.69) is 15.4 Å². The number of aromatic nitrogens is 4. The summed E-state index contributed by atoms with van der Waals surface area (Å²) in [4.78, 5) is 14.0. The number of imidazole rings is 1. The summed E-state index contributed by atoms with van der Waals surface area (Å²) in [5.74, 6) is 0.289. The maximum Gasteiger partial charge on any atom is 0.406 e. The Bertz CT molecular complexity index is 518. The van der Waals surface area contributed by atoms with Crippen molar-refractivity contribution in [2.24, 2.45) is 7.05 Å². The molecule has 2 rings (SSSR count). The minimum absolute atomic E-state index is 0.142. The van der Waals surface area contributed by atoms with E-state index >= 15 is 0 Å². The Labute approximate surface area is 103 Å². The largest absolute Gasteiger partial charge is 0.406 e. The maximum atomic E-state index is 10.7. The standard InChI is InChI=1S/C10H14N6O2/c1-14-8-12-10(16(17)18)9(14)11-4-2-6-15-7-3-5-13-15/h3,5,7-8,11H,2,4,6H2,1H3. The minimum Gasteiger partial charge on any atom is -0.364 e. The SMILES string of the molecule is Cn1cnc([N+](=O)[O-])c1NCCCn1cccn1. The van der Waals surface area contributed by atoms with Crippen LogP contribution in [0.2, 0.25) is 0 Å². The molecule has 18 heavy (non-hydrogen) atoms. The third-order valence-electron chi connectivity index (χ3n) is 2.51. The summed E-state index contributed by atoms with van der Waals surface area (Å²) in [6.07, 6.45) is 5.85. The van der Waals surface area contributed by atoms with Gasteiger partial charge in [-0.25, -0.2) is 0 Å². The molecule has 0 bridgehead atoms. The van der Waals surface area contributed by atoms with Crippen LogP contribution in [0.1, 0.15) is 6.42 Å². The second-order valence-electron chi connectivity index (χ2n) is 3.83. The number of nitro groups is 1. The molecule has 2 aromatic heterocycles. The van der Waals surface area contributed by atoms with E-state index in [9.17, 15) is 10.1 Å². The fraction of sp³-hybridized carbons (Fsp3) is 0.400. The maximum absolute atomic E-state index is 10.7. The summed E-state index contributed by atoms with van der Waals surface area (Å²) in [7, 11) is 1.72. The Morgan fingerprint density at radius 1 is 1.56 bits per heavy atom. The van der Waals surface area contributed by atoms with Crippen molar-refractivity contribution < 1.29 is 4.92 Å². The highest BCUT2D eigenvalue weighted by atomic mass is 16.6. The molecule has 0 amide bonds. The Hall–Kier alpha value is -2.38.